The summed E-state index contributed by atoms with van der Waals surface area (Å²) in [5.41, 5.74) is 1.45. The Kier molecular flexibility index (Phi) is 7.48. The van der Waals surface area contributed by atoms with Gasteiger partial charge in [0.2, 0.25) is 5.91 Å². The summed E-state index contributed by atoms with van der Waals surface area (Å²) in [5.74, 6) is -0.762. The van der Waals surface area contributed by atoms with Gasteiger partial charge in [-0.05, 0) is 55.7 Å². The van der Waals surface area contributed by atoms with Crippen LogP contribution >= 0.6 is 23.4 Å². The lowest BCUT2D eigenvalue weighted by atomic mass is 10.1. The van der Waals surface area contributed by atoms with Crippen molar-refractivity contribution in [1.82, 2.24) is 5.32 Å². The van der Waals surface area contributed by atoms with Gasteiger partial charge < -0.3 is 10.6 Å². The largest absolute Gasteiger partial charge is 0.340 e. The summed E-state index contributed by atoms with van der Waals surface area (Å²) in [6, 6.07) is 10.3. The number of amides is 2. The van der Waals surface area contributed by atoms with Crippen LogP contribution in [-0.2, 0) is 4.79 Å². The van der Waals surface area contributed by atoms with Crippen LogP contribution in [0.4, 0.5) is 10.1 Å². The molecule has 0 spiro atoms. The molecule has 7 heteroatoms. The fraction of sp³-hybridized carbons (Fsp3) is 0.263. The number of thioether (sulfide) groups is 1. The van der Waals surface area contributed by atoms with Crippen LogP contribution in [0.25, 0.3) is 0 Å². The van der Waals surface area contributed by atoms with E-state index < -0.39 is 17.8 Å². The monoisotopic (exact) mass is 394 g/mol. The highest BCUT2D eigenvalue weighted by Crippen LogP contribution is 2.19. The first-order chi connectivity index (χ1) is 12.4. The van der Waals surface area contributed by atoms with Gasteiger partial charge in [-0.15, -0.1) is 0 Å². The van der Waals surface area contributed by atoms with Gasteiger partial charge in [-0.25, -0.2) is 4.39 Å². The van der Waals surface area contributed by atoms with Crippen molar-refractivity contribution in [2.24, 2.45) is 0 Å². The molecule has 0 heterocycles. The second-order valence-corrected chi connectivity index (χ2v) is 7.21. The SMILES string of the molecule is CSCCC(NC(=O)c1cccc(C)c1)C(=O)Nc1ccc(Cl)cc1F. The van der Waals surface area contributed by atoms with Crippen LogP contribution in [0.1, 0.15) is 22.3 Å². The summed E-state index contributed by atoms with van der Waals surface area (Å²) in [4.78, 5) is 25.0. The van der Waals surface area contributed by atoms with Crippen molar-refractivity contribution in [3.8, 4) is 0 Å². The number of halogens is 2. The highest BCUT2D eigenvalue weighted by molar-refractivity contribution is 7.98. The molecule has 0 aliphatic heterocycles. The second kappa shape index (κ2) is 9.59. The van der Waals surface area contributed by atoms with Gasteiger partial charge in [0.25, 0.3) is 5.91 Å². The summed E-state index contributed by atoms with van der Waals surface area (Å²) in [6.07, 6.45) is 2.34. The molecule has 1 unspecified atom stereocenters. The van der Waals surface area contributed by atoms with E-state index in [2.05, 4.69) is 10.6 Å². The van der Waals surface area contributed by atoms with Crippen molar-refractivity contribution in [3.63, 3.8) is 0 Å². The van der Waals surface area contributed by atoms with E-state index >= 15 is 0 Å². The maximum absolute atomic E-state index is 13.9. The van der Waals surface area contributed by atoms with E-state index in [9.17, 15) is 14.0 Å². The minimum absolute atomic E-state index is 0.0263. The van der Waals surface area contributed by atoms with Crippen molar-refractivity contribution >= 4 is 40.9 Å². The Balaban J connectivity index is 2.12. The van der Waals surface area contributed by atoms with Crippen molar-refractivity contribution in [2.75, 3.05) is 17.3 Å². The molecule has 0 aliphatic carbocycles. The van der Waals surface area contributed by atoms with E-state index in [1.54, 1.807) is 30.0 Å². The molecule has 2 rings (SSSR count). The third-order valence-corrected chi connectivity index (χ3v) is 4.58. The number of hydrogen-bond donors (Lipinski definition) is 2. The van der Waals surface area contributed by atoms with Crippen LogP contribution in [0.2, 0.25) is 5.02 Å². The Hall–Kier alpha value is -2.05. The van der Waals surface area contributed by atoms with E-state index in [0.717, 1.165) is 11.6 Å². The first kappa shape index (κ1) is 20.3. The molecular weight excluding hydrogens is 375 g/mol. The Bertz CT molecular complexity index is 801. The zero-order valence-electron chi connectivity index (χ0n) is 14.5. The third kappa shape index (κ3) is 5.75. The molecule has 1 atom stereocenters. The Morgan fingerprint density at radius 2 is 2.00 bits per heavy atom. The van der Waals surface area contributed by atoms with Crippen LogP contribution in [0.15, 0.2) is 42.5 Å². The fourth-order valence-corrected chi connectivity index (χ4v) is 2.97. The van der Waals surface area contributed by atoms with Gasteiger partial charge in [0.15, 0.2) is 0 Å². The second-order valence-electron chi connectivity index (χ2n) is 5.79. The van der Waals surface area contributed by atoms with Crippen molar-refractivity contribution in [2.45, 2.75) is 19.4 Å². The first-order valence-electron chi connectivity index (χ1n) is 8.03. The molecule has 138 valence electrons. The lowest BCUT2D eigenvalue weighted by Crippen LogP contribution is -2.44. The number of benzene rings is 2. The molecule has 2 amide bonds. The van der Waals surface area contributed by atoms with Gasteiger partial charge in [0.1, 0.15) is 11.9 Å². The lowest BCUT2D eigenvalue weighted by molar-refractivity contribution is -0.118. The van der Waals surface area contributed by atoms with Gasteiger partial charge in [0.05, 0.1) is 5.69 Å². The lowest BCUT2D eigenvalue weighted by Gasteiger charge is -2.18. The van der Waals surface area contributed by atoms with Gasteiger partial charge >= 0.3 is 0 Å². The Morgan fingerprint density at radius 1 is 1.23 bits per heavy atom. The van der Waals surface area contributed by atoms with Gasteiger partial charge in [-0.1, -0.05) is 29.3 Å². The van der Waals surface area contributed by atoms with Crippen molar-refractivity contribution < 1.29 is 14.0 Å². The van der Waals surface area contributed by atoms with Crippen LogP contribution in [-0.4, -0.2) is 29.9 Å². The van der Waals surface area contributed by atoms with Crippen LogP contribution in [0.3, 0.4) is 0 Å². The fourth-order valence-electron chi connectivity index (χ4n) is 2.34. The molecule has 0 bridgehead atoms. The average Bonchev–Trinajstić information content (AvgIpc) is 2.60. The maximum atomic E-state index is 13.9. The number of rotatable bonds is 7. The number of anilines is 1. The van der Waals surface area contributed by atoms with E-state index in [1.165, 1.54) is 12.1 Å². The minimum Gasteiger partial charge on any atom is -0.340 e. The predicted octanol–water partition coefficient (Wildman–Crippen LogP) is 4.28. The number of aryl methyl sites for hydroxylation is 1. The number of carbonyl (C=O) groups is 2. The highest BCUT2D eigenvalue weighted by Gasteiger charge is 2.22. The Morgan fingerprint density at radius 3 is 2.65 bits per heavy atom. The summed E-state index contributed by atoms with van der Waals surface area (Å²) < 4.78 is 13.9. The molecule has 0 radical (unpaired) electrons. The molecule has 0 saturated heterocycles. The summed E-state index contributed by atoms with van der Waals surface area (Å²) in [5, 5.41) is 5.49. The van der Waals surface area contributed by atoms with E-state index in [4.69, 9.17) is 11.6 Å². The first-order valence-corrected chi connectivity index (χ1v) is 9.80. The molecule has 2 aromatic rings. The quantitative estimate of drug-likeness (QED) is 0.737. The zero-order chi connectivity index (χ0) is 19.1. The summed E-state index contributed by atoms with van der Waals surface area (Å²) in [7, 11) is 0. The number of hydrogen-bond acceptors (Lipinski definition) is 3. The molecule has 0 aromatic heterocycles. The topological polar surface area (TPSA) is 58.2 Å². The number of nitrogens with one attached hydrogen (secondary N) is 2. The summed E-state index contributed by atoms with van der Waals surface area (Å²) >= 11 is 7.28. The molecule has 4 nitrogen and oxygen atoms in total. The molecule has 2 N–H and O–H groups in total. The molecular formula is C19H20ClFN2O2S. The van der Waals surface area contributed by atoms with E-state index in [-0.39, 0.29) is 16.6 Å². The van der Waals surface area contributed by atoms with Crippen LogP contribution in [0, 0.1) is 12.7 Å². The summed E-state index contributed by atoms with van der Waals surface area (Å²) in [6.45, 7) is 1.89. The van der Waals surface area contributed by atoms with E-state index in [1.807, 2.05) is 19.2 Å². The molecule has 0 fully saturated rings. The molecule has 0 aliphatic rings. The van der Waals surface area contributed by atoms with Crippen molar-refractivity contribution in [3.05, 3.63) is 64.4 Å². The molecule has 0 saturated carbocycles. The molecule has 2 aromatic carbocycles. The third-order valence-electron chi connectivity index (χ3n) is 3.70. The molecule has 26 heavy (non-hydrogen) atoms. The van der Waals surface area contributed by atoms with Crippen molar-refractivity contribution in [1.29, 1.82) is 0 Å². The smallest absolute Gasteiger partial charge is 0.251 e. The average molecular weight is 395 g/mol. The normalized spacial score (nSPS) is 11.7. The van der Waals surface area contributed by atoms with Gasteiger partial charge in [-0.2, -0.15) is 11.8 Å². The standard InChI is InChI=1S/C19H20ClFN2O2S/c1-12-4-3-5-13(10-12)18(24)23-17(8-9-26-2)19(25)22-16-7-6-14(20)11-15(16)21/h3-7,10-11,17H,8-9H2,1-2H3,(H,22,25)(H,23,24). The maximum Gasteiger partial charge on any atom is 0.251 e. The predicted molar refractivity (Wildman–Crippen MR) is 105 cm³/mol. The number of carbonyl (C=O) groups excluding carboxylic acids is 2. The zero-order valence-corrected chi connectivity index (χ0v) is 16.1. The van der Waals surface area contributed by atoms with Crippen LogP contribution < -0.4 is 10.6 Å². The van der Waals surface area contributed by atoms with Crippen LogP contribution in [0.5, 0.6) is 0 Å². The minimum atomic E-state index is -0.773. The van der Waals surface area contributed by atoms with Gasteiger partial charge in [-0.3, -0.25) is 9.59 Å². The highest BCUT2D eigenvalue weighted by atomic mass is 35.5. The van der Waals surface area contributed by atoms with Gasteiger partial charge in [0, 0.05) is 10.6 Å². The van der Waals surface area contributed by atoms with E-state index in [0.29, 0.717) is 17.7 Å². The Labute approximate surface area is 161 Å².